The average molecular weight is 585 g/mol. The molecule has 2 fully saturated rings. The number of carbonyl (C=O) groups is 1. The number of hydrogen-bond donors (Lipinski definition) is 1. The highest BCUT2D eigenvalue weighted by atomic mass is 32.2. The summed E-state index contributed by atoms with van der Waals surface area (Å²) < 4.78 is 44.1. The van der Waals surface area contributed by atoms with E-state index in [-0.39, 0.29) is 24.1 Å². The lowest BCUT2D eigenvalue weighted by atomic mass is 9.95. The number of aryl methyl sites for hydroxylation is 1. The highest BCUT2D eigenvalue weighted by Crippen LogP contribution is 2.35. The van der Waals surface area contributed by atoms with Gasteiger partial charge in [-0.1, -0.05) is 0 Å². The Morgan fingerprint density at radius 2 is 1.80 bits per heavy atom. The molecule has 2 aromatic carbocycles. The van der Waals surface area contributed by atoms with E-state index in [2.05, 4.69) is 19.6 Å². The number of urea groups is 1. The van der Waals surface area contributed by atoms with Crippen molar-refractivity contribution in [2.45, 2.75) is 44.8 Å². The SMILES string of the molecule is CO[C@H]1CC[C@H](Oc2cc(F)ccc2Nc2ncnc3cc(N=S4(=O)CCN(C(=O)N(C)C)CC4)cc(C)c23)CC1. The summed E-state index contributed by atoms with van der Waals surface area (Å²) in [6.07, 6.45) is 5.15. The molecular weight excluding hydrogens is 547 g/mol. The molecule has 220 valence electrons. The van der Waals surface area contributed by atoms with E-state index in [0.717, 1.165) is 36.6 Å². The minimum absolute atomic E-state index is 0.0217. The van der Waals surface area contributed by atoms with E-state index in [1.807, 2.05) is 13.0 Å². The largest absolute Gasteiger partial charge is 0.488 e. The van der Waals surface area contributed by atoms with Crippen LogP contribution in [0.4, 0.5) is 26.4 Å². The molecule has 1 saturated carbocycles. The van der Waals surface area contributed by atoms with E-state index in [4.69, 9.17) is 9.47 Å². The number of anilines is 2. The first-order valence-corrected chi connectivity index (χ1v) is 15.7. The summed E-state index contributed by atoms with van der Waals surface area (Å²) in [5, 5.41) is 4.11. The maximum absolute atomic E-state index is 14.2. The molecule has 1 aliphatic heterocycles. The van der Waals surface area contributed by atoms with E-state index >= 15 is 0 Å². The number of rotatable bonds is 6. The van der Waals surface area contributed by atoms with E-state index in [1.54, 1.807) is 38.2 Å². The smallest absolute Gasteiger partial charge is 0.319 e. The maximum Gasteiger partial charge on any atom is 0.319 e. The van der Waals surface area contributed by atoms with Crippen LogP contribution < -0.4 is 10.1 Å². The van der Waals surface area contributed by atoms with Gasteiger partial charge in [-0.2, -0.15) is 4.36 Å². The summed E-state index contributed by atoms with van der Waals surface area (Å²) in [5.74, 6) is 1.25. The van der Waals surface area contributed by atoms with E-state index in [0.29, 0.717) is 53.1 Å². The number of amides is 2. The number of methoxy groups -OCH3 is 1. The molecule has 12 heteroatoms. The van der Waals surface area contributed by atoms with Crippen LogP contribution in [-0.2, 0) is 14.5 Å². The fraction of sp³-hybridized carbons (Fsp3) is 0.483. The number of hydrogen-bond acceptors (Lipinski definition) is 8. The Kier molecular flexibility index (Phi) is 8.60. The summed E-state index contributed by atoms with van der Waals surface area (Å²) in [6.45, 7) is 2.73. The van der Waals surface area contributed by atoms with Gasteiger partial charge in [0.2, 0.25) is 0 Å². The standard InChI is InChI=1S/C29H37FN6O4S/c1-19-15-21(34-41(38)13-11-36(12-14-41)29(37)35(2)3)17-25-27(19)28(32-18-31-25)33-24-10-5-20(30)16-26(24)40-23-8-6-22(39-4)7-9-23/h5,10,15-18,22-23H,6-9,11-14H2,1-4H3,(H,31,32,33)/t22-,23-. The van der Waals surface area contributed by atoms with Gasteiger partial charge in [-0.05, 0) is 62.4 Å². The third-order valence-electron chi connectivity index (χ3n) is 7.65. The normalized spacial score (nSPS) is 20.5. The van der Waals surface area contributed by atoms with Gasteiger partial charge < -0.3 is 24.6 Å². The zero-order valence-electron chi connectivity index (χ0n) is 23.9. The van der Waals surface area contributed by atoms with E-state index in [9.17, 15) is 13.4 Å². The van der Waals surface area contributed by atoms with Gasteiger partial charge in [-0.15, -0.1) is 0 Å². The molecule has 41 heavy (non-hydrogen) atoms. The number of ether oxygens (including phenoxy) is 2. The molecule has 5 rings (SSSR count). The summed E-state index contributed by atoms with van der Waals surface area (Å²) in [4.78, 5) is 24.4. The third-order valence-corrected chi connectivity index (χ3v) is 9.83. The first-order chi connectivity index (χ1) is 19.6. The van der Waals surface area contributed by atoms with Crippen LogP contribution in [0.1, 0.15) is 31.2 Å². The fourth-order valence-electron chi connectivity index (χ4n) is 5.39. The van der Waals surface area contributed by atoms with Crippen molar-refractivity contribution in [2.24, 2.45) is 4.36 Å². The van der Waals surface area contributed by atoms with Crippen molar-refractivity contribution in [2.75, 3.05) is 51.1 Å². The molecule has 1 aliphatic carbocycles. The summed E-state index contributed by atoms with van der Waals surface area (Å²) in [7, 11) is 2.63. The van der Waals surface area contributed by atoms with Gasteiger partial charge in [0.05, 0.1) is 38.8 Å². The summed E-state index contributed by atoms with van der Waals surface area (Å²) in [5.41, 5.74) is 2.69. The number of benzene rings is 2. The Balaban J connectivity index is 1.38. The van der Waals surface area contributed by atoms with Crippen LogP contribution >= 0.6 is 0 Å². The molecule has 2 amide bonds. The average Bonchev–Trinajstić information content (AvgIpc) is 2.94. The van der Waals surface area contributed by atoms with Crippen LogP contribution in [0.25, 0.3) is 10.9 Å². The van der Waals surface area contributed by atoms with Gasteiger partial charge in [-0.25, -0.2) is 23.4 Å². The lowest BCUT2D eigenvalue weighted by Crippen LogP contribution is -2.47. The number of fused-ring (bicyclic) bond motifs is 1. The molecule has 0 radical (unpaired) electrons. The topological polar surface area (TPSA) is 109 Å². The molecule has 1 saturated heterocycles. The minimum Gasteiger partial charge on any atom is -0.488 e. The number of nitrogens with one attached hydrogen (secondary N) is 1. The molecule has 1 N–H and O–H groups in total. The third kappa shape index (κ3) is 6.70. The zero-order chi connectivity index (χ0) is 29.1. The van der Waals surface area contributed by atoms with Gasteiger partial charge in [-0.3, -0.25) is 0 Å². The predicted octanol–water partition coefficient (Wildman–Crippen LogP) is 5.25. The second kappa shape index (κ2) is 12.2. The van der Waals surface area contributed by atoms with Gasteiger partial charge in [0, 0.05) is 57.3 Å². The van der Waals surface area contributed by atoms with Crippen LogP contribution in [0, 0.1) is 12.7 Å². The molecule has 2 heterocycles. The highest BCUT2D eigenvalue weighted by Gasteiger charge is 2.26. The predicted molar refractivity (Wildman–Crippen MR) is 158 cm³/mol. The van der Waals surface area contributed by atoms with Crippen molar-refractivity contribution in [3.63, 3.8) is 0 Å². The van der Waals surface area contributed by atoms with Crippen molar-refractivity contribution < 1.29 is 22.9 Å². The quantitative estimate of drug-likeness (QED) is 0.421. The molecule has 10 nitrogen and oxygen atoms in total. The summed E-state index contributed by atoms with van der Waals surface area (Å²) >= 11 is 0. The second-order valence-electron chi connectivity index (χ2n) is 10.8. The molecule has 0 unspecified atom stereocenters. The number of carbonyl (C=O) groups excluding carboxylic acids is 1. The van der Waals surface area contributed by atoms with Crippen molar-refractivity contribution >= 4 is 43.9 Å². The monoisotopic (exact) mass is 584 g/mol. The first-order valence-electron chi connectivity index (χ1n) is 13.8. The lowest BCUT2D eigenvalue weighted by molar-refractivity contribution is 0.0329. The van der Waals surface area contributed by atoms with Gasteiger partial charge >= 0.3 is 6.03 Å². The highest BCUT2D eigenvalue weighted by molar-refractivity contribution is 7.93. The Labute approximate surface area is 240 Å². The van der Waals surface area contributed by atoms with Crippen molar-refractivity contribution in [1.29, 1.82) is 0 Å². The zero-order valence-corrected chi connectivity index (χ0v) is 24.7. The number of aromatic nitrogens is 2. The molecule has 0 atom stereocenters. The maximum atomic E-state index is 14.2. The molecule has 1 aromatic heterocycles. The van der Waals surface area contributed by atoms with Crippen LogP contribution in [0.2, 0.25) is 0 Å². The van der Waals surface area contributed by atoms with Crippen LogP contribution in [0.3, 0.4) is 0 Å². The van der Waals surface area contributed by atoms with E-state index in [1.165, 1.54) is 23.4 Å². The van der Waals surface area contributed by atoms with Crippen LogP contribution in [0.15, 0.2) is 41.0 Å². The Bertz CT molecular complexity index is 1540. The molecule has 2 aliphatic rings. The van der Waals surface area contributed by atoms with Crippen molar-refractivity contribution in [3.05, 3.63) is 48.0 Å². The number of nitrogens with zero attached hydrogens (tertiary/aromatic N) is 5. The minimum atomic E-state index is -2.51. The van der Waals surface area contributed by atoms with Gasteiger partial charge in [0.25, 0.3) is 0 Å². The Morgan fingerprint density at radius 3 is 2.49 bits per heavy atom. The van der Waals surface area contributed by atoms with Gasteiger partial charge in [0.1, 0.15) is 23.7 Å². The fourth-order valence-corrected chi connectivity index (χ4v) is 7.28. The first kappa shape index (κ1) is 29.0. The Hall–Kier alpha value is -3.51. The molecule has 3 aromatic rings. The molecular formula is C29H37FN6O4S. The Morgan fingerprint density at radius 1 is 1.10 bits per heavy atom. The molecule has 0 spiro atoms. The van der Waals surface area contributed by atoms with E-state index < -0.39 is 9.73 Å². The van der Waals surface area contributed by atoms with Crippen LogP contribution in [0.5, 0.6) is 5.75 Å². The molecule has 0 bridgehead atoms. The van der Waals surface area contributed by atoms with Crippen molar-refractivity contribution in [1.82, 2.24) is 19.8 Å². The van der Waals surface area contributed by atoms with Gasteiger partial charge in [0.15, 0.2) is 0 Å². The van der Waals surface area contributed by atoms with Crippen molar-refractivity contribution in [3.8, 4) is 5.75 Å². The lowest BCUT2D eigenvalue weighted by Gasteiger charge is -2.30. The second-order valence-corrected chi connectivity index (χ2v) is 13.4. The summed E-state index contributed by atoms with van der Waals surface area (Å²) in [6, 6.07) is 8.02. The van der Waals surface area contributed by atoms with Crippen LogP contribution in [-0.4, -0.2) is 88.0 Å². The number of halogens is 1.